The van der Waals surface area contributed by atoms with Crippen LogP contribution in [0.25, 0.3) is 10.9 Å². The molecule has 0 radical (unpaired) electrons. The Kier molecular flexibility index (Phi) is 5.49. The lowest BCUT2D eigenvalue weighted by molar-refractivity contribution is -0.134. The van der Waals surface area contributed by atoms with E-state index in [0.717, 1.165) is 43.4 Å². The lowest BCUT2D eigenvalue weighted by Crippen LogP contribution is -2.40. The molecule has 27 heavy (non-hydrogen) atoms. The van der Waals surface area contributed by atoms with Crippen molar-refractivity contribution < 1.29 is 9.53 Å². The second kappa shape index (κ2) is 8.35. The number of aromatic nitrogens is 2. The Labute approximate surface area is 159 Å². The Morgan fingerprint density at radius 1 is 1.19 bits per heavy atom. The Hall–Kier alpha value is -2.66. The van der Waals surface area contributed by atoms with E-state index in [1.807, 2.05) is 41.6 Å². The third-order valence-electron chi connectivity index (χ3n) is 5.29. The maximum atomic E-state index is 12.6. The second-order valence-electron chi connectivity index (χ2n) is 7.11. The Balaban J connectivity index is 1.23. The van der Waals surface area contributed by atoms with E-state index in [1.165, 1.54) is 10.9 Å². The topological polar surface area (TPSA) is 58.2 Å². The smallest absolute Gasteiger partial charge is 0.222 e. The molecular formula is C22H25N3O2. The van der Waals surface area contributed by atoms with Crippen molar-refractivity contribution in [2.45, 2.75) is 38.4 Å². The van der Waals surface area contributed by atoms with Gasteiger partial charge in [-0.1, -0.05) is 24.3 Å². The number of para-hydroxylation sites is 1. The van der Waals surface area contributed by atoms with E-state index in [1.54, 1.807) is 6.20 Å². The maximum Gasteiger partial charge on any atom is 0.222 e. The first kappa shape index (κ1) is 17.7. The van der Waals surface area contributed by atoms with Crippen molar-refractivity contribution in [2.24, 2.45) is 0 Å². The summed E-state index contributed by atoms with van der Waals surface area (Å²) in [5.74, 6) is 0.242. The molecule has 140 valence electrons. The van der Waals surface area contributed by atoms with Crippen LogP contribution in [0.1, 0.15) is 30.4 Å². The molecule has 1 amide bonds. The van der Waals surface area contributed by atoms with Crippen LogP contribution in [0.4, 0.5) is 0 Å². The Bertz CT molecular complexity index is 883. The molecule has 0 bridgehead atoms. The van der Waals surface area contributed by atoms with E-state index < -0.39 is 0 Å². The molecule has 5 nitrogen and oxygen atoms in total. The first-order valence-electron chi connectivity index (χ1n) is 9.63. The molecule has 1 saturated heterocycles. The molecule has 1 aliphatic heterocycles. The Morgan fingerprint density at radius 3 is 2.85 bits per heavy atom. The number of nitrogens with one attached hydrogen (secondary N) is 1. The zero-order chi connectivity index (χ0) is 18.5. The van der Waals surface area contributed by atoms with Gasteiger partial charge in [-0.15, -0.1) is 0 Å². The van der Waals surface area contributed by atoms with Crippen molar-refractivity contribution in [2.75, 3.05) is 13.1 Å². The number of likely N-dealkylation sites (tertiary alicyclic amines) is 1. The molecule has 1 N–H and O–H groups in total. The molecule has 3 aromatic rings. The second-order valence-corrected chi connectivity index (χ2v) is 7.11. The number of carbonyl (C=O) groups is 1. The van der Waals surface area contributed by atoms with Crippen LogP contribution in [-0.2, 0) is 22.6 Å². The van der Waals surface area contributed by atoms with Crippen LogP contribution in [0, 0.1) is 0 Å². The predicted molar refractivity (Wildman–Crippen MR) is 105 cm³/mol. The number of ether oxygens (including phenoxy) is 1. The number of amides is 1. The van der Waals surface area contributed by atoms with E-state index in [9.17, 15) is 4.79 Å². The molecule has 0 saturated carbocycles. The number of nitrogens with zero attached hydrogens (tertiary/aromatic N) is 2. The summed E-state index contributed by atoms with van der Waals surface area (Å²) in [5, 5.41) is 1.22. The average molecular weight is 363 g/mol. The average Bonchev–Trinajstić information content (AvgIpc) is 3.15. The molecule has 2 aromatic heterocycles. The van der Waals surface area contributed by atoms with Crippen LogP contribution in [-0.4, -0.2) is 40.0 Å². The van der Waals surface area contributed by atoms with Crippen LogP contribution < -0.4 is 0 Å². The predicted octanol–water partition coefficient (Wildman–Crippen LogP) is 3.70. The highest BCUT2D eigenvalue weighted by Crippen LogP contribution is 2.21. The van der Waals surface area contributed by atoms with Crippen LogP contribution in [0.2, 0.25) is 0 Å². The molecule has 1 aliphatic rings. The van der Waals surface area contributed by atoms with Gasteiger partial charge in [0.1, 0.15) is 0 Å². The summed E-state index contributed by atoms with van der Waals surface area (Å²) in [6.45, 7) is 2.15. The third-order valence-corrected chi connectivity index (χ3v) is 5.29. The summed E-state index contributed by atoms with van der Waals surface area (Å²) in [6, 6.07) is 12.2. The third kappa shape index (κ3) is 4.37. The molecule has 1 fully saturated rings. The molecule has 3 heterocycles. The van der Waals surface area contributed by atoms with Gasteiger partial charge >= 0.3 is 0 Å². The number of pyridine rings is 1. The number of piperidine rings is 1. The molecule has 0 unspecified atom stereocenters. The first-order chi connectivity index (χ1) is 13.3. The van der Waals surface area contributed by atoms with E-state index in [4.69, 9.17) is 4.74 Å². The highest BCUT2D eigenvalue weighted by Gasteiger charge is 2.23. The highest BCUT2D eigenvalue weighted by molar-refractivity contribution is 5.84. The number of carbonyl (C=O) groups excluding carboxylic acids is 1. The van der Waals surface area contributed by atoms with Gasteiger partial charge in [0, 0.05) is 49.0 Å². The van der Waals surface area contributed by atoms with Crippen molar-refractivity contribution in [1.82, 2.24) is 14.9 Å². The lowest BCUT2D eigenvalue weighted by atomic mass is 10.1. The van der Waals surface area contributed by atoms with Gasteiger partial charge in [0.2, 0.25) is 5.91 Å². The van der Waals surface area contributed by atoms with Gasteiger partial charge in [-0.25, -0.2) is 0 Å². The number of H-pyrrole nitrogens is 1. The zero-order valence-corrected chi connectivity index (χ0v) is 15.4. The normalized spacial score (nSPS) is 15.3. The monoisotopic (exact) mass is 363 g/mol. The van der Waals surface area contributed by atoms with Crippen molar-refractivity contribution >= 4 is 16.8 Å². The number of rotatable bonds is 6. The maximum absolute atomic E-state index is 12.6. The SMILES string of the molecule is O=C(CCc1c[nH]c2ccccc12)N1CCC(OCc2cccnc2)CC1. The minimum Gasteiger partial charge on any atom is -0.373 e. The van der Waals surface area contributed by atoms with Gasteiger partial charge < -0.3 is 14.6 Å². The first-order valence-corrected chi connectivity index (χ1v) is 9.63. The number of hydrogen-bond acceptors (Lipinski definition) is 3. The molecule has 0 aliphatic carbocycles. The number of aryl methyl sites for hydroxylation is 1. The van der Waals surface area contributed by atoms with Gasteiger partial charge in [-0.05, 0) is 42.5 Å². The molecule has 4 rings (SSSR count). The van der Waals surface area contributed by atoms with Gasteiger partial charge in [0.05, 0.1) is 12.7 Å². The molecule has 0 spiro atoms. The summed E-state index contributed by atoms with van der Waals surface area (Å²) in [5.41, 5.74) is 3.44. The van der Waals surface area contributed by atoms with Gasteiger partial charge in [-0.2, -0.15) is 0 Å². The van der Waals surface area contributed by atoms with Crippen molar-refractivity contribution in [1.29, 1.82) is 0 Å². The Morgan fingerprint density at radius 2 is 2.04 bits per heavy atom. The van der Waals surface area contributed by atoms with E-state index in [2.05, 4.69) is 22.1 Å². The number of aromatic amines is 1. The zero-order valence-electron chi connectivity index (χ0n) is 15.4. The molecule has 5 heteroatoms. The fourth-order valence-corrected chi connectivity index (χ4v) is 3.71. The van der Waals surface area contributed by atoms with Crippen molar-refractivity contribution in [3.05, 3.63) is 66.1 Å². The quantitative estimate of drug-likeness (QED) is 0.726. The van der Waals surface area contributed by atoms with Gasteiger partial charge in [0.25, 0.3) is 0 Å². The fraction of sp³-hybridized carbons (Fsp3) is 0.364. The van der Waals surface area contributed by atoms with Crippen LogP contribution >= 0.6 is 0 Å². The summed E-state index contributed by atoms with van der Waals surface area (Å²) in [6.07, 6.45) is 8.99. The van der Waals surface area contributed by atoms with Crippen LogP contribution in [0.15, 0.2) is 55.0 Å². The summed E-state index contributed by atoms with van der Waals surface area (Å²) < 4.78 is 5.98. The lowest BCUT2D eigenvalue weighted by Gasteiger charge is -2.32. The summed E-state index contributed by atoms with van der Waals surface area (Å²) in [7, 11) is 0. The van der Waals surface area contributed by atoms with Crippen molar-refractivity contribution in [3.8, 4) is 0 Å². The number of fused-ring (bicyclic) bond motifs is 1. The molecule has 1 aromatic carbocycles. The van der Waals surface area contributed by atoms with Crippen molar-refractivity contribution in [3.63, 3.8) is 0 Å². The molecular weight excluding hydrogens is 338 g/mol. The van der Waals surface area contributed by atoms with E-state index in [0.29, 0.717) is 13.0 Å². The van der Waals surface area contributed by atoms with Gasteiger partial charge in [-0.3, -0.25) is 9.78 Å². The fourth-order valence-electron chi connectivity index (χ4n) is 3.71. The summed E-state index contributed by atoms with van der Waals surface area (Å²) in [4.78, 5) is 22.0. The highest BCUT2D eigenvalue weighted by atomic mass is 16.5. The largest absolute Gasteiger partial charge is 0.373 e. The van der Waals surface area contributed by atoms with E-state index >= 15 is 0 Å². The molecule has 0 atom stereocenters. The standard InChI is InChI=1S/C22H25N3O2/c26-22(8-7-18-15-24-21-6-2-1-5-20(18)21)25-12-9-19(10-13-25)27-16-17-4-3-11-23-14-17/h1-6,11,14-15,19,24H,7-10,12-13,16H2. The number of hydrogen-bond donors (Lipinski definition) is 1. The van der Waals surface area contributed by atoms with Crippen LogP contribution in [0.3, 0.4) is 0 Å². The van der Waals surface area contributed by atoms with E-state index in [-0.39, 0.29) is 12.0 Å². The number of benzene rings is 1. The summed E-state index contributed by atoms with van der Waals surface area (Å²) >= 11 is 0. The van der Waals surface area contributed by atoms with Crippen LogP contribution in [0.5, 0.6) is 0 Å². The minimum atomic E-state index is 0.225. The van der Waals surface area contributed by atoms with Gasteiger partial charge in [0.15, 0.2) is 0 Å². The minimum absolute atomic E-state index is 0.225.